The lowest BCUT2D eigenvalue weighted by molar-refractivity contribution is -0.139. The summed E-state index contributed by atoms with van der Waals surface area (Å²) in [6, 6.07) is 10.7. The Morgan fingerprint density at radius 3 is 2.33 bits per heavy atom. The molecule has 0 saturated carbocycles. The summed E-state index contributed by atoms with van der Waals surface area (Å²) in [7, 11) is -2.40. The number of amides is 2. The molecule has 2 rings (SSSR count). The maximum Gasteiger partial charge on any atom is 0.244 e. The van der Waals surface area contributed by atoms with Gasteiger partial charge in [-0.25, -0.2) is 12.8 Å². The monoisotopic (exact) mass is 455 g/mol. The van der Waals surface area contributed by atoms with Crippen molar-refractivity contribution in [1.82, 2.24) is 10.2 Å². The third kappa shape index (κ3) is 6.17. The number of likely N-dealkylation sites (N-methyl/N-ethyl adjacent to an activating group) is 1. The smallest absolute Gasteiger partial charge is 0.244 e. The molecule has 162 valence electrons. The first-order valence-corrected chi connectivity index (χ1v) is 11.2. The minimum atomic E-state index is -3.85. The number of benzene rings is 2. The number of nitrogens with one attached hydrogen (secondary N) is 1. The second-order valence-electron chi connectivity index (χ2n) is 6.69. The first-order chi connectivity index (χ1) is 14.0. The van der Waals surface area contributed by atoms with Crippen molar-refractivity contribution < 1.29 is 22.4 Å². The van der Waals surface area contributed by atoms with Crippen molar-refractivity contribution in [1.29, 1.82) is 0 Å². The lowest BCUT2D eigenvalue weighted by atomic mass is 10.1. The van der Waals surface area contributed by atoms with Crippen molar-refractivity contribution >= 4 is 39.1 Å². The molecule has 0 bridgehead atoms. The minimum Gasteiger partial charge on any atom is -0.357 e. The molecule has 0 heterocycles. The number of rotatable bonds is 8. The van der Waals surface area contributed by atoms with Crippen LogP contribution in [0, 0.1) is 5.82 Å². The number of halogens is 2. The molecule has 7 nitrogen and oxygen atoms in total. The molecule has 2 amide bonds. The number of hydrogen-bond acceptors (Lipinski definition) is 4. The second kappa shape index (κ2) is 9.90. The van der Waals surface area contributed by atoms with Crippen molar-refractivity contribution in [3.05, 3.63) is 64.9 Å². The zero-order valence-electron chi connectivity index (χ0n) is 16.8. The van der Waals surface area contributed by atoms with E-state index >= 15 is 0 Å². The van der Waals surface area contributed by atoms with Gasteiger partial charge in [-0.05, 0) is 48.9 Å². The van der Waals surface area contributed by atoms with Gasteiger partial charge >= 0.3 is 0 Å². The van der Waals surface area contributed by atoms with Crippen LogP contribution in [0.1, 0.15) is 12.5 Å². The van der Waals surface area contributed by atoms with Crippen LogP contribution in [-0.4, -0.2) is 51.0 Å². The Morgan fingerprint density at radius 2 is 1.80 bits per heavy atom. The summed E-state index contributed by atoms with van der Waals surface area (Å²) in [4.78, 5) is 26.6. The molecular formula is C20H23ClFN3O4S. The zero-order valence-corrected chi connectivity index (χ0v) is 18.4. The van der Waals surface area contributed by atoms with Gasteiger partial charge in [0.25, 0.3) is 0 Å². The third-order valence-corrected chi connectivity index (χ3v) is 5.83. The number of carbonyl (C=O) groups excluding carboxylic acids is 2. The molecule has 0 saturated heterocycles. The molecule has 0 spiro atoms. The first-order valence-electron chi connectivity index (χ1n) is 9.01. The molecule has 0 aromatic heterocycles. The topological polar surface area (TPSA) is 86.8 Å². The first kappa shape index (κ1) is 23.6. The fraction of sp³-hybridized carbons (Fsp3) is 0.300. The van der Waals surface area contributed by atoms with Gasteiger partial charge in [-0.15, -0.1) is 0 Å². The summed E-state index contributed by atoms with van der Waals surface area (Å²) in [6.07, 6.45) is 0.952. The van der Waals surface area contributed by atoms with E-state index in [-0.39, 0.29) is 12.2 Å². The Balaban J connectivity index is 2.36. The molecule has 10 heteroatoms. The Morgan fingerprint density at radius 1 is 1.17 bits per heavy atom. The molecular weight excluding hydrogens is 433 g/mol. The van der Waals surface area contributed by atoms with E-state index in [4.69, 9.17) is 11.6 Å². The van der Waals surface area contributed by atoms with E-state index < -0.39 is 40.2 Å². The lowest BCUT2D eigenvalue weighted by Gasteiger charge is -2.31. The van der Waals surface area contributed by atoms with Gasteiger partial charge in [0.1, 0.15) is 18.4 Å². The van der Waals surface area contributed by atoms with Crippen LogP contribution in [0.4, 0.5) is 10.1 Å². The Kier molecular flexibility index (Phi) is 7.80. The van der Waals surface area contributed by atoms with Gasteiger partial charge in [0, 0.05) is 18.6 Å². The number of anilines is 1. The van der Waals surface area contributed by atoms with E-state index in [1.165, 1.54) is 24.1 Å². The summed E-state index contributed by atoms with van der Waals surface area (Å²) < 4.78 is 38.7. The van der Waals surface area contributed by atoms with Crippen molar-refractivity contribution in [3.8, 4) is 0 Å². The molecule has 0 unspecified atom stereocenters. The van der Waals surface area contributed by atoms with Crippen molar-refractivity contribution in [2.75, 3.05) is 24.2 Å². The predicted octanol–water partition coefficient (Wildman–Crippen LogP) is 2.41. The van der Waals surface area contributed by atoms with Crippen molar-refractivity contribution in [2.24, 2.45) is 0 Å². The maximum atomic E-state index is 13.2. The predicted molar refractivity (Wildman–Crippen MR) is 114 cm³/mol. The van der Waals surface area contributed by atoms with Gasteiger partial charge in [0.05, 0.1) is 11.9 Å². The number of hydrogen-bond donors (Lipinski definition) is 1. The highest BCUT2D eigenvalue weighted by Gasteiger charge is 2.29. The molecule has 2 aromatic carbocycles. The molecule has 0 fully saturated rings. The Labute approximate surface area is 180 Å². The summed E-state index contributed by atoms with van der Waals surface area (Å²) in [5, 5.41) is 2.96. The minimum absolute atomic E-state index is 0.0506. The molecule has 1 atom stereocenters. The normalized spacial score (nSPS) is 12.2. The van der Waals surface area contributed by atoms with E-state index in [1.54, 1.807) is 31.2 Å². The van der Waals surface area contributed by atoms with Crippen LogP contribution in [0.25, 0.3) is 0 Å². The SMILES string of the molecule is CNC(=O)[C@H](C)N(Cc1cccc(Cl)c1)C(=O)CN(c1ccc(F)cc1)S(C)(=O)=O. The number of sulfonamides is 1. The van der Waals surface area contributed by atoms with Crippen LogP contribution in [0.15, 0.2) is 48.5 Å². The Bertz CT molecular complexity index is 1010. The average Bonchev–Trinajstić information content (AvgIpc) is 2.69. The third-order valence-electron chi connectivity index (χ3n) is 4.45. The van der Waals surface area contributed by atoms with E-state index in [9.17, 15) is 22.4 Å². The van der Waals surface area contributed by atoms with Gasteiger partial charge < -0.3 is 10.2 Å². The van der Waals surface area contributed by atoms with Gasteiger partial charge in [-0.1, -0.05) is 23.7 Å². The van der Waals surface area contributed by atoms with Crippen LogP contribution in [-0.2, 0) is 26.2 Å². The molecule has 0 aliphatic carbocycles. The van der Waals surface area contributed by atoms with E-state index in [0.717, 1.165) is 22.7 Å². The molecule has 0 aliphatic rings. The quantitative estimate of drug-likeness (QED) is 0.662. The summed E-state index contributed by atoms with van der Waals surface area (Å²) >= 11 is 6.01. The van der Waals surface area contributed by atoms with Gasteiger partial charge in [0.2, 0.25) is 21.8 Å². The summed E-state index contributed by atoms with van der Waals surface area (Å²) in [6.45, 7) is 1.05. The van der Waals surface area contributed by atoms with Crippen LogP contribution in [0.2, 0.25) is 5.02 Å². The maximum absolute atomic E-state index is 13.2. The highest BCUT2D eigenvalue weighted by Crippen LogP contribution is 2.20. The average molecular weight is 456 g/mol. The van der Waals surface area contributed by atoms with Crippen LogP contribution >= 0.6 is 11.6 Å². The van der Waals surface area contributed by atoms with Crippen molar-refractivity contribution in [3.63, 3.8) is 0 Å². The molecule has 2 aromatic rings. The van der Waals surface area contributed by atoms with E-state index in [1.807, 2.05) is 0 Å². The van der Waals surface area contributed by atoms with E-state index in [2.05, 4.69) is 5.32 Å². The van der Waals surface area contributed by atoms with Gasteiger partial charge in [-0.3, -0.25) is 13.9 Å². The largest absolute Gasteiger partial charge is 0.357 e. The molecule has 30 heavy (non-hydrogen) atoms. The fourth-order valence-electron chi connectivity index (χ4n) is 2.84. The summed E-state index contributed by atoms with van der Waals surface area (Å²) in [5.74, 6) is -1.53. The highest BCUT2D eigenvalue weighted by molar-refractivity contribution is 7.92. The van der Waals surface area contributed by atoms with Gasteiger partial charge in [0.15, 0.2) is 0 Å². The standard InChI is InChI=1S/C20H23ClFN3O4S/c1-14(20(27)23-2)24(12-15-5-4-6-16(21)11-15)19(26)13-25(30(3,28)29)18-9-7-17(22)8-10-18/h4-11,14H,12-13H2,1-3H3,(H,23,27)/t14-/m0/s1. The highest BCUT2D eigenvalue weighted by atomic mass is 35.5. The van der Waals surface area contributed by atoms with E-state index in [0.29, 0.717) is 10.6 Å². The van der Waals surface area contributed by atoms with Crippen LogP contribution in [0.5, 0.6) is 0 Å². The second-order valence-corrected chi connectivity index (χ2v) is 9.03. The van der Waals surface area contributed by atoms with Crippen LogP contribution in [0.3, 0.4) is 0 Å². The Hall–Kier alpha value is -2.65. The fourth-order valence-corrected chi connectivity index (χ4v) is 3.91. The van der Waals surface area contributed by atoms with Crippen molar-refractivity contribution in [2.45, 2.75) is 19.5 Å². The number of carbonyl (C=O) groups is 2. The molecule has 1 N–H and O–H groups in total. The molecule has 0 aliphatic heterocycles. The number of nitrogens with zero attached hydrogens (tertiary/aromatic N) is 2. The van der Waals surface area contributed by atoms with Crippen LogP contribution < -0.4 is 9.62 Å². The van der Waals surface area contributed by atoms with Gasteiger partial charge in [-0.2, -0.15) is 0 Å². The lowest BCUT2D eigenvalue weighted by Crippen LogP contribution is -2.50. The summed E-state index contributed by atoms with van der Waals surface area (Å²) in [5.41, 5.74) is 0.821. The molecule has 0 radical (unpaired) electrons. The zero-order chi connectivity index (χ0) is 22.5.